The number of pyridine rings is 4. The molecule has 0 bridgehead atoms. The second-order valence-electron chi connectivity index (χ2n) is 21.5. The lowest BCUT2D eigenvalue weighted by atomic mass is 9.77. The van der Waals surface area contributed by atoms with Gasteiger partial charge in [0.25, 0.3) is 12.0 Å². The van der Waals surface area contributed by atoms with Crippen molar-refractivity contribution in [2.24, 2.45) is 21.5 Å². The highest BCUT2D eigenvalue weighted by atomic mass is 79.9. The van der Waals surface area contributed by atoms with E-state index in [1.165, 1.54) is 12.4 Å². The van der Waals surface area contributed by atoms with Crippen molar-refractivity contribution in [1.29, 1.82) is 0 Å². The maximum absolute atomic E-state index is 12.9. The third-order valence-corrected chi connectivity index (χ3v) is 16.4. The number of halogens is 3. The van der Waals surface area contributed by atoms with Crippen molar-refractivity contribution < 1.29 is 47.3 Å². The molecule has 22 heteroatoms. The summed E-state index contributed by atoms with van der Waals surface area (Å²) in [6.07, 6.45) is 14.0. The molecule has 82 heavy (non-hydrogen) atoms. The first-order valence-electron chi connectivity index (χ1n) is 26.8. The Morgan fingerprint density at radius 1 is 0.598 bits per heavy atom. The van der Waals surface area contributed by atoms with E-state index in [4.69, 9.17) is 82.4 Å². The maximum Gasteiger partial charge on any atom is 0.492 e. The van der Waals surface area contributed by atoms with Gasteiger partial charge in [0.05, 0.1) is 60.9 Å². The molecule has 13 rings (SSSR count). The molecule has 2 atom stereocenters. The average Bonchev–Trinajstić information content (AvgIpc) is 1.81. The number of ketones is 2. The lowest BCUT2D eigenvalue weighted by Gasteiger charge is -2.39. The SMILES string of the molecule is CC1(C)OB(C2=CCCOC2)OC1(C)C.NC1=N[C@@]2(CCO1)c1cc(CC(=O)c3ccc(Cl)cn3)ccc1Oc1ncc(Br)cc12.NC1=N[C@@]2(CCO1)c1cc(CC(=O)c3ccc(Cl)cn3)ccc1Oc1ncc(C3=CCCOC3)cc12. The number of Topliss-reactive ketones (excluding diaryl/α,β-unsaturated/α-hetero) is 2. The van der Waals surface area contributed by atoms with Gasteiger partial charge >= 0.3 is 7.12 Å². The Balaban J connectivity index is 0.000000139. The van der Waals surface area contributed by atoms with E-state index in [0.717, 1.165) is 73.9 Å². The summed E-state index contributed by atoms with van der Waals surface area (Å²) in [5.74, 6) is 1.99. The first-order chi connectivity index (χ1) is 39.4. The van der Waals surface area contributed by atoms with Crippen molar-refractivity contribution in [3.63, 3.8) is 0 Å². The molecule has 4 N–H and O–H groups in total. The maximum atomic E-state index is 12.9. The minimum absolute atomic E-state index is 0.108. The van der Waals surface area contributed by atoms with E-state index < -0.39 is 11.1 Å². The molecule has 0 radical (unpaired) electrons. The number of fused-ring (bicyclic) bond motifs is 8. The summed E-state index contributed by atoms with van der Waals surface area (Å²) >= 11 is 15.3. The van der Waals surface area contributed by atoms with Crippen molar-refractivity contribution in [2.45, 2.75) is 88.5 Å². The van der Waals surface area contributed by atoms with Crippen molar-refractivity contribution in [1.82, 2.24) is 19.9 Å². The number of carbonyl (C=O) groups is 2. The smallest absolute Gasteiger partial charge is 0.465 e. The molecule has 0 unspecified atom stereocenters. The van der Waals surface area contributed by atoms with Crippen LogP contribution in [0.4, 0.5) is 0 Å². The van der Waals surface area contributed by atoms with E-state index in [1.807, 2.05) is 42.5 Å². The van der Waals surface area contributed by atoms with Crippen molar-refractivity contribution >= 4 is 75.4 Å². The Hall–Kier alpha value is -7.04. The summed E-state index contributed by atoms with van der Waals surface area (Å²) in [7, 11) is -0.227. The van der Waals surface area contributed by atoms with Crippen LogP contribution in [0.3, 0.4) is 0 Å². The Bertz CT molecular complexity index is 3590. The van der Waals surface area contributed by atoms with Gasteiger partial charge in [0.2, 0.25) is 11.8 Å². The summed E-state index contributed by atoms with van der Waals surface area (Å²) < 4.78 is 46.9. The topological polar surface area (TPSA) is 236 Å². The molecule has 2 aromatic carbocycles. The fourth-order valence-electron chi connectivity index (χ4n) is 10.6. The van der Waals surface area contributed by atoms with Gasteiger partial charge in [-0.25, -0.2) is 20.0 Å². The Kier molecular flexibility index (Phi) is 16.2. The summed E-state index contributed by atoms with van der Waals surface area (Å²) in [4.78, 5) is 52.5. The molecule has 4 aromatic heterocycles. The highest BCUT2D eigenvalue weighted by molar-refractivity contribution is 9.10. The van der Waals surface area contributed by atoms with Gasteiger partial charge in [0.15, 0.2) is 11.6 Å². The number of nitrogens with zero attached hydrogens (tertiary/aromatic N) is 6. The monoisotopic (exact) mass is 1210 g/mol. The van der Waals surface area contributed by atoms with E-state index in [-0.39, 0.29) is 54.8 Å². The summed E-state index contributed by atoms with van der Waals surface area (Å²) in [6, 6.07) is 22.1. The molecule has 11 heterocycles. The predicted molar refractivity (Wildman–Crippen MR) is 313 cm³/mol. The van der Waals surface area contributed by atoms with Gasteiger partial charge in [-0.1, -0.05) is 47.5 Å². The van der Waals surface area contributed by atoms with Crippen LogP contribution < -0.4 is 20.9 Å². The largest absolute Gasteiger partial charge is 0.492 e. The van der Waals surface area contributed by atoms with Gasteiger partial charge in [-0.15, -0.1) is 0 Å². The van der Waals surface area contributed by atoms with Crippen LogP contribution in [-0.2, 0) is 52.2 Å². The lowest BCUT2D eigenvalue weighted by Crippen LogP contribution is -2.41. The fourth-order valence-corrected chi connectivity index (χ4v) is 11.1. The quantitative estimate of drug-likeness (QED) is 0.106. The third-order valence-electron chi connectivity index (χ3n) is 15.5. The van der Waals surface area contributed by atoms with Gasteiger partial charge in [0, 0.05) is 77.2 Å². The van der Waals surface area contributed by atoms with Crippen LogP contribution in [0.5, 0.6) is 23.3 Å². The first kappa shape index (κ1) is 56.8. The number of hydrogen-bond donors (Lipinski definition) is 2. The number of rotatable bonds is 8. The standard InChI is InChI=1S/C27H23ClN4O4.C22H16BrClN4O3.C11H19BO3/c28-19-4-5-22(30-14-19)23(33)11-16-3-6-24-20(10-16)27(7-9-35-26(29)32-27)21-12-18(13-31-25(21)36-24)17-2-1-8-34-15-17;23-13-9-16-20(27-10-13)31-19-4-1-12(8-18(29)17-3-2-14(24)11-26-17)7-15(19)22(16)5-6-30-21(25)28-22;1-10(2)11(3,4)15-12(14-10)9-6-5-7-13-8-9/h2-6,10,12-14H,1,7-9,11,15H2,(H2,29,32);1-4,7,9-11H,5-6,8H2,(H2,25,28);6H,5,7-8H2,1-4H3/t27-;22-;/m00./s1. The van der Waals surface area contributed by atoms with E-state index in [2.05, 4.69) is 81.8 Å². The molecular formula is C60H58BBrCl2N8O10. The number of aromatic nitrogens is 4. The Morgan fingerprint density at radius 3 is 1.59 bits per heavy atom. The normalized spacial score (nSPS) is 21.4. The van der Waals surface area contributed by atoms with E-state index in [1.54, 1.807) is 36.7 Å². The van der Waals surface area contributed by atoms with Gasteiger partial charge in [0.1, 0.15) is 34.0 Å². The van der Waals surface area contributed by atoms with Gasteiger partial charge in [-0.3, -0.25) is 19.6 Å². The van der Waals surface area contributed by atoms with Gasteiger partial charge in [-0.2, -0.15) is 0 Å². The van der Waals surface area contributed by atoms with Crippen molar-refractivity contribution in [3.05, 3.63) is 180 Å². The van der Waals surface area contributed by atoms with E-state index in [0.29, 0.717) is 90.6 Å². The zero-order chi connectivity index (χ0) is 57.4. The van der Waals surface area contributed by atoms with Crippen LogP contribution in [-0.4, -0.2) is 102 Å². The van der Waals surface area contributed by atoms with Crippen LogP contribution in [0, 0.1) is 0 Å². The molecule has 6 aromatic rings. The fraction of sp³-hybridized carbons (Fsp3) is 0.333. The number of benzene rings is 2. The second kappa shape index (κ2) is 23.3. The average molecular weight is 1210 g/mol. The molecule has 1 fully saturated rings. The van der Waals surface area contributed by atoms with Crippen LogP contribution in [0.1, 0.15) is 113 Å². The zero-order valence-corrected chi connectivity index (χ0v) is 48.6. The molecule has 2 spiro atoms. The Morgan fingerprint density at radius 2 is 1.11 bits per heavy atom. The van der Waals surface area contributed by atoms with Crippen LogP contribution in [0.25, 0.3) is 5.57 Å². The number of nitrogens with two attached hydrogens (primary N) is 2. The molecule has 0 aliphatic carbocycles. The lowest BCUT2D eigenvalue weighted by molar-refractivity contribution is 0.00578. The third kappa shape index (κ3) is 11.7. The number of carbonyl (C=O) groups excluding carboxylic acids is 2. The first-order valence-corrected chi connectivity index (χ1v) is 28.4. The molecule has 18 nitrogen and oxygen atoms in total. The van der Waals surface area contributed by atoms with E-state index in [9.17, 15) is 9.59 Å². The number of aliphatic imine (C=N–C) groups is 2. The minimum Gasteiger partial charge on any atom is -0.465 e. The highest BCUT2D eigenvalue weighted by Gasteiger charge is 2.53. The second-order valence-corrected chi connectivity index (χ2v) is 23.3. The molecule has 7 aliphatic heterocycles. The summed E-state index contributed by atoms with van der Waals surface area (Å²) in [6.45, 7) is 11.8. The van der Waals surface area contributed by atoms with Crippen LogP contribution in [0.2, 0.25) is 10.0 Å². The van der Waals surface area contributed by atoms with Crippen LogP contribution >= 0.6 is 39.1 Å². The predicted octanol–water partition coefficient (Wildman–Crippen LogP) is 10.8. The summed E-state index contributed by atoms with van der Waals surface area (Å²) in [5.41, 5.74) is 18.7. The number of ether oxygens (including phenoxy) is 6. The zero-order valence-electron chi connectivity index (χ0n) is 45.5. The van der Waals surface area contributed by atoms with Crippen LogP contribution in [0.15, 0.2) is 130 Å². The molecule has 0 saturated carbocycles. The Labute approximate surface area is 492 Å². The number of amidine groups is 2. The molecular weight excluding hydrogens is 1150 g/mol. The molecule has 0 amide bonds. The molecule has 422 valence electrons. The molecule has 1 saturated heterocycles. The summed E-state index contributed by atoms with van der Waals surface area (Å²) in [5, 5.41) is 0.967. The van der Waals surface area contributed by atoms with Gasteiger partial charge in [-0.05, 0) is 145 Å². The molecule has 7 aliphatic rings. The number of hydrogen-bond acceptors (Lipinski definition) is 18. The van der Waals surface area contributed by atoms with E-state index >= 15 is 0 Å². The minimum atomic E-state index is -0.845. The van der Waals surface area contributed by atoms with Gasteiger partial charge < -0.3 is 49.2 Å². The van der Waals surface area contributed by atoms with Crippen molar-refractivity contribution in [3.8, 4) is 23.3 Å². The van der Waals surface area contributed by atoms with Crippen molar-refractivity contribution in [2.75, 3.05) is 39.6 Å². The highest BCUT2D eigenvalue weighted by Crippen LogP contribution is 2.54.